The smallest absolute Gasteiger partial charge is 0.126 e. The van der Waals surface area contributed by atoms with Crippen LogP contribution in [0.2, 0.25) is 5.02 Å². The summed E-state index contributed by atoms with van der Waals surface area (Å²) >= 11 is 6.14. The lowest BCUT2D eigenvalue weighted by atomic mass is 9.99. The van der Waals surface area contributed by atoms with E-state index in [0.29, 0.717) is 23.7 Å². The summed E-state index contributed by atoms with van der Waals surface area (Å²) in [6.45, 7) is 2.63. The lowest BCUT2D eigenvalue weighted by molar-refractivity contribution is 0.171. The predicted octanol–water partition coefficient (Wildman–Crippen LogP) is 3.25. The Morgan fingerprint density at radius 1 is 1.45 bits per heavy atom. The topological polar surface area (TPSA) is 42.4 Å². The average Bonchev–Trinajstić information content (AvgIpc) is 2.87. The molecule has 4 heteroatoms. The quantitative estimate of drug-likeness (QED) is 0.943. The van der Waals surface area contributed by atoms with E-state index in [-0.39, 0.29) is 0 Å². The van der Waals surface area contributed by atoms with Gasteiger partial charge in [0, 0.05) is 24.1 Å². The number of ether oxygens (including phenoxy) is 1. The average molecular weight is 290 g/mol. The molecular formula is C16H16ClNO2. The van der Waals surface area contributed by atoms with Crippen LogP contribution in [0.5, 0.6) is 5.75 Å². The summed E-state index contributed by atoms with van der Waals surface area (Å²) in [4.78, 5) is 4.27. The van der Waals surface area contributed by atoms with Crippen LogP contribution in [0.1, 0.15) is 28.5 Å². The molecular weight excluding hydrogens is 274 g/mol. The van der Waals surface area contributed by atoms with Crippen molar-refractivity contribution in [2.45, 2.75) is 25.9 Å². The number of benzene rings is 1. The zero-order valence-electron chi connectivity index (χ0n) is 11.3. The van der Waals surface area contributed by atoms with Crippen molar-refractivity contribution in [1.82, 2.24) is 4.98 Å². The van der Waals surface area contributed by atoms with E-state index in [4.69, 9.17) is 16.3 Å². The van der Waals surface area contributed by atoms with E-state index < -0.39 is 6.10 Å². The molecule has 1 atom stereocenters. The van der Waals surface area contributed by atoms with Gasteiger partial charge in [0.25, 0.3) is 0 Å². The number of aryl methyl sites for hydroxylation is 1. The lowest BCUT2D eigenvalue weighted by Gasteiger charge is -2.15. The van der Waals surface area contributed by atoms with Crippen molar-refractivity contribution < 1.29 is 9.84 Å². The number of rotatable bonds is 3. The zero-order valence-corrected chi connectivity index (χ0v) is 12.0. The van der Waals surface area contributed by atoms with Crippen molar-refractivity contribution in [3.05, 3.63) is 57.9 Å². The highest BCUT2D eigenvalue weighted by Crippen LogP contribution is 2.35. The van der Waals surface area contributed by atoms with E-state index in [9.17, 15) is 5.11 Å². The van der Waals surface area contributed by atoms with Gasteiger partial charge in [0.15, 0.2) is 0 Å². The molecule has 0 radical (unpaired) electrons. The van der Waals surface area contributed by atoms with Gasteiger partial charge in [-0.15, -0.1) is 0 Å². The monoisotopic (exact) mass is 289 g/mol. The predicted molar refractivity (Wildman–Crippen MR) is 78.3 cm³/mol. The summed E-state index contributed by atoms with van der Waals surface area (Å²) in [6.07, 6.45) is 2.38. The van der Waals surface area contributed by atoms with Crippen molar-refractivity contribution >= 4 is 11.6 Å². The van der Waals surface area contributed by atoms with Crippen LogP contribution in [0.3, 0.4) is 0 Å². The van der Waals surface area contributed by atoms with Crippen LogP contribution >= 0.6 is 11.6 Å². The SMILES string of the molecule is Cc1cccnc1C(O)Cc1cc(Cl)cc2c1OCC2. The molecule has 1 aliphatic heterocycles. The standard InChI is InChI=1S/C16H16ClNO2/c1-10-3-2-5-18-15(10)14(19)9-12-8-13(17)7-11-4-6-20-16(11)12/h2-3,5,7-8,14,19H,4,6,9H2,1H3. The Balaban J connectivity index is 1.90. The lowest BCUT2D eigenvalue weighted by Crippen LogP contribution is -2.07. The third kappa shape index (κ3) is 2.51. The second-order valence-corrected chi connectivity index (χ2v) is 5.51. The first kappa shape index (κ1) is 13.4. The second kappa shape index (κ2) is 5.43. The maximum atomic E-state index is 10.4. The van der Waals surface area contributed by atoms with Crippen LogP contribution in [0.15, 0.2) is 30.5 Å². The fourth-order valence-electron chi connectivity index (χ4n) is 2.65. The minimum Gasteiger partial charge on any atom is -0.493 e. The summed E-state index contributed by atoms with van der Waals surface area (Å²) in [5.41, 5.74) is 3.76. The molecule has 2 aromatic rings. The van der Waals surface area contributed by atoms with Gasteiger partial charge < -0.3 is 9.84 Å². The third-order valence-corrected chi connectivity index (χ3v) is 3.82. The Labute approximate surface area is 123 Å². The Kier molecular flexibility index (Phi) is 3.64. The van der Waals surface area contributed by atoms with E-state index in [1.54, 1.807) is 6.20 Å². The Bertz CT molecular complexity index is 642. The Morgan fingerprint density at radius 3 is 3.10 bits per heavy atom. The number of hydrogen-bond donors (Lipinski definition) is 1. The first-order chi connectivity index (χ1) is 9.65. The number of aliphatic hydroxyl groups excluding tert-OH is 1. The maximum Gasteiger partial charge on any atom is 0.126 e. The van der Waals surface area contributed by atoms with E-state index in [1.165, 1.54) is 0 Å². The van der Waals surface area contributed by atoms with Gasteiger partial charge in [-0.05, 0) is 41.8 Å². The molecule has 1 N–H and O–H groups in total. The van der Waals surface area contributed by atoms with Gasteiger partial charge in [-0.3, -0.25) is 4.98 Å². The molecule has 1 aliphatic rings. The van der Waals surface area contributed by atoms with Gasteiger partial charge in [-0.1, -0.05) is 17.7 Å². The second-order valence-electron chi connectivity index (χ2n) is 5.08. The van der Waals surface area contributed by atoms with Crippen molar-refractivity contribution in [3.8, 4) is 5.75 Å². The number of hydrogen-bond acceptors (Lipinski definition) is 3. The molecule has 0 bridgehead atoms. The van der Waals surface area contributed by atoms with Gasteiger partial charge in [0.2, 0.25) is 0 Å². The fraction of sp³-hybridized carbons (Fsp3) is 0.312. The maximum absolute atomic E-state index is 10.4. The summed E-state index contributed by atoms with van der Waals surface area (Å²) < 4.78 is 5.66. The van der Waals surface area contributed by atoms with Crippen LogP contribution in [-0.4, -0.2) is 16.7 Å². The van der Waals surface area contributed by atoms with Crippen LogP contribution in [0.25, 0.3) is 0 Å². The molecule has 0 saturated carbocycles. The first-order valence-electron chi connectivity index (χ1n) is 6.69. The summed E-state index contributed by atoms with van der Waals surface area (Å²) in [6, 6.07) is 7.62. The number of halogens is 1. The van der Waals surface area contributed by atoms with E-state index >= 15 is 0 Å². The number of pyridine rings is 1. The molecule has 0 saturated heterocycles. The van der Waals surface area contributed by atoms with Crippen molar-refractivity contribution in [3.63, 3.8) is 0 Å². The van der Waals surface area contributed by atoms with Gasteiger partial charge in [-0.25, -0.2) is 0 Å². The molecule has 0 amide bonds. The van der Waals surface area contributed by atoms with E-state index in [2.05, 4.69) is 4.98 Å². The zero-order chi connectivity index (χ0) is 14.1. The third-order valence-electron chi connectivity index (χ3n) is 3.60. The highest BCUT2D eigenvalue weighted by Gasteiger charge is 2.21. The molecule has 3 nitrogen and oxygen atoms in total. The fourth-order valence-corrected chi connectivity index (χ4v) is 2.91. The molecule has 0 spiro atoms. The molecule has 104 valence electrons. The molecule has 3 rings (SSSR count). The van der Waals surface area contributed by atoms with Crippen molar-refractivity contribution in [2.75, 3.05) is 6.61 Å². The highest BCUT2D eigenvalue weighted by atomic mass is 35.5. The summed E-state index contributed by atoms with van der Waals surface area (Å²) in [5.74, 6) is 0.877. The van der Waals surface area contributed by atoms with Gasteiger partial charge in [-0.2, -0.15) is 0 Å². The van der Waals surface area contributed by atoms with Crippen molar-refractivity contribution in [2.24, 2.45) is 0 Å². The number of aromatic nitrogens is 1. The molecule has 1 aromatic carbocycles. The normalized spacial score (nSPS) is 14.8. The van der Waals surface area contributed by atoms with Crippen molar-refractivity contribution in [1.29, 1.82) is 0 Å². The number of aliphatic hydroxyl groups is 1. The Hall–Kier alpha value is -1.58. The Morgan fingerprint density at radius 2 is 2.30 bits per heavy atom. The first-order valence-corrected chi connectivity index (χ1v) is 7.06. The summed E-state index contributed by atoms with van der Waals surface area (Å²) in [5, 5.41) is 11.1. The number of nitrogens with zero attached hydrogens (tertiary/aromatic N) is 1. The van der Waals surface area contributed by atoms with Gasteiger partial charge in [0.05, 0.1) is 12.3 Å². The molecule has 1 unspecified atom stereocenters. The van der Waals surface area contributed by atoms with Crippen LogP contribution in [0.4, 0.5) is 0 Å². The van der Waals surface area contributed by atoms with Gasteiger partial charge in [0.1, 0.15) is 11.9 Å². The summed E-state index contributed by atoms with van der Waals surface area (Å²) in [7, 11) is 0. The number of fused-ring (bicyclic) bond motifs is 1. The van der Waals surface area contributed by atoms with Crippen LogP contribution < -0.4 is 4.74 Å². The largest absolute Gasteiger partial charge is 0.493 e. The van der Waals surface area contributed by atoms with E-state index in [0.717, 1.165) is 28.9 Å². The highest BCUT2D eigenvalue weighted by molar-refractivity contribution is 6.30. The van der Waals surface area contributed by atoms with E-state index in [1.807, 2.05) is 31.2 Å². The molecule has 0 fully saturated rings. The minimum atomic E-state index is -0.650. The van der Waals surface area contributed by atoms with Crippen LogP contribution in [-0.2, 0) is 12.8 Å². The molecule has 0 aliphatic carbocycles. The van der Waals surface area contributed by atoms with Gasteiger partial charge >= 0.3 is 0 Å². The molecule has 20 heavy (non-hydrogen) atoms. The van der Waals surface area contributed by atoms with Crippen LogP contribution in [0, 0.1) is 6.92 Å². The molecule has 2 heterocycles. The molecule has 1 aromatic heterocycles. The minimum absolute atomic E-state index is 0.459.